The minimum atomic E-state index is -1.16. The molecule has 1 heterocycles. The van der Waals surface area contributed by atoms with Gasteiger partial charge in [0.05, 0.1) is 0 Å². The Morgan fingerprint density at radius 1 is 1.33 bits per heavy atom. The van der Waals surface area contributed by atoms with Gasteiger partial charge in [-0.15, -0.1) is 0 Å². The molecule has 0 saturated heterocycles. The first-order valence-electron chi connectivity index (χ1n) is 6.39. The van der Waals surface area contributed by atoms with Crippen molar-refractivity contribution in [3.05, 3.63) is 39.7 Å². The average molecular weight is 290 g/mol. The fourth-order valence-electron chi connectivity index (χ4n) is 2.07. The first-order valence-corrected chi connectivity index (χ1v) is 6.39. The zero-order chi connectivity index (χ0) is 15.6. The second kappa shape index (κ2) is 5.78. The van der Waals surface area contributed by atoms with Gasteiger partial charge in [0.25, 0.3) is 0 Å². The van der Waals surface area contributed by atoms with E-state index in [1.54, 1.807) is 19.9 Å². The summed E-state index contributed by atoms with van der Waals surface area (Å²) in [4.78, 5) is 34.3. The van der Waals surface area contributed by atoms with Crippen LogP contribution in [0.2, 0.25) is 0 Å². The lowest BCUT2D eigenvalue weighted by Crippen LogP contribution is -2.13. The standard InChI is InChI=1S/C15H14O6/c1-3-10(16)14-11(20-7-12(17)18)5-4-9-8(2)6-13(19)21-15(9)14/h4-6H,3,7H2,1-2H3,(H,17,18). The molecule has 0 spiro atoms. The highest BCUT2D eigenvalue weighted by atomic mass is 16.5. The number of aryl methyl sites for hydroxylation is 1. The summed E-state index contributed by atoms with van der Waals surface area (Å²) in [7, 11) is 0. The van der Waals surface area contributed by atoms with Crippen LogP contribution in [0.5, 0.6) is 5.75 Å². The summed E-state index contributed by atoms with van der Waals surface area (Å²) in [6.45, 7) is 2.82. The summed E-state index contributed by atoms with van der Waals surface area (Å²) in [5.41, 5.74) is 0.350. The SMILES string of the molecule is CCC(=O)c1c(OCC(=O)O)ccc2c(C)cc(=O)oc12. The molecule has 6 heteroatoms. The maximum absolute atomic E-state index is 12.1. The normalized spacial score (nSPS) is 10.6. The van der Waals surface area contributed by atoms with Crippen molar-refractivity contribution in [3.63, 3.8) is 0 Å². The first-order chi connectivity index (χ1) is 9.93. The van der Waals surface area contributed by atoms with Gasteiger partial charge in [0.15, 0.2) is 18.0 Å². The minimum absolute atomic E-state index is 0.102. The van der Waals surface area contributed by atoms with Gasteiger partial charge < -0.3 is 14.3 Å². The van der Waals surface area contributed by atoms with Gasteiger partial charge in [-0.3, -0.25) is 4.79 Å². The quantitative estimate of drug-likeness (QED) is 0.670. The van der Waals surface area contributed by atoms with E-state index in [9.17, 15) is 14.4 Å². The van der Waals surface area contributed by atoms with Crippen molar-refractivity contribution in [3.8, 4) is 5.75 Å². The second-order valence-electron chi connectivity index (χ2n) is 4.52. The smallest absolute Gasteiger partial charge is 0.341 e. The molecule has 1 aromatic heterocycles. The molecular formula is C15H14O6. The Bertz CT molecular complexity index is 772. The maximum Gasteiger partial charge on any atom is 0.341 e. The molecule has 0 aliphatic rings. The summed E-state index contributed by atoms with van der Waals surface area (Å²) < 4.78 is 10.3. The van der Waals surface area contributed by atoms with E-state index in [0.29, 0.717) is 10.9 Å². The van der Waals surface area contributed by atoms with E-state index in [0.717, 1.165) is 0 Å². The third kappa shape index (κ3) is 2.94. The number of carboxylic acids is 1. The van der Waals surface area contributed by atoms with Gasteiger partial charge in [-0.05, 0) is 24.6 Å². The van der Waals surface area contributed by atoms with Crippen molar-refractivity contribution in [2.24, 2.45) is 0 Å². The predicted molar refractivity (Wildman–Crippen MR) is 75.0 cm³/mol. The largest absolute Gasteiger partial charge is 0.481 e. The molecule has 2 rings (SSSR count). The third-order valence-electron chi connectivity index (χ3n) is 3.03. The fourth-order valence-corrected chi connectivity index (χ4v) is 2.07. The molecule has 1 N–H and O–H groups in total. The molecule has 0 aliphatic heterocycles. The number of ether oxygens (including phenoxy) is 1. The third-order valence-corrected chi connectivity index (χ3v) is 3.03. The number of hydrogen-bond acceptors (Lipinski definition) is 5. The molecule has 0 atom stereocenters. The van der Waals surface area contributed by atoms with Gasteiger partial charge in [-0.25, -0.2) is 9.59 Å². The van der Waals surface area contributed by atoms with E-state index in [-0.39, 0.29) is 29.1 Å². The Morgan fingerprint density at radius 2 is 2.05 bits per heavy atom. The second-order valence-corrected chi connectivity index (χ2v) is 4.52. The van der Waals surface area contributed by atoms with Crippen molar-refractivity contribution in [2.75, 3.05) is 6.61 Å². The zero-order valence-corrected chi connectivity index (χ0v) is 11.6. The Morgan fingerprint density at radius 3 is 2.67 bits per heavy atom. The summed E-state index contributed by atoms with van der Waals surface area (Å²) in [6.07, 6.45) is 0.181. The van der Waals surface area contributed by atoms with Crippen molar-refractivity contribution in [1.82, 2.24) is 0 Å². The Hall–Kier alpha value is -2.63. The Balaban J connectivity index is 2.72. The highest BCUT2D eigenvalue weighted by Crippen LogP contribution is 2.30. The molecule has 0 fully saturated rings. The molecular weight excluding hydrogens is 276 g/mol. The van der Waals surface area contributed by atoms with Gasteiger partial charge >= 0.3 is 11.6 Å². The van der Waals surface area contributed by atoms with E-state index in [2.05, 4.69) is 0 Å². The number of hydrogen-bond donors (Lipinski definition) is 1. The van der Waals surface area contributed by atoms with Crippen LogP contribution in [0.4, 0.5) is 0 Å². The van der Waals surface area contributed by atoms with Crippen LogP contribution in [0.25, 0.3) is 11.0 Å². The van der Waals surface area contributed by atoms with Crippen LogP contribution < -0.4 is 10.4 Å². The summed E-state index contributed by atoms with van der Waals surface area (Å²) in [5.74, 6) is -1.34. The van der Waals surface area contributed by atoms with Crippen molar-refractivity contribution in [2.45, 2.75) is 20.3 Å². The number of rotatable bonds is 5. The van der Waals surface area contributed by atoms with E-state index >= 15 is 0 Å². The summed E-state index contributed by atoms with van der Waals surface area (Å²) in [6, 6.07) is 4.48. The number of benzene rings is 1. The number of carbonyl (C=O) groups excluding carboxylic acids is 1. The number of fused-ring (bicyclic) bond motifs is 1. The van der Waals surface area contributed by atoms with Crippen LogP contribution in [0.3, 0.4) is 0 Å². The molecule has 2 aromatic rings. The molecule has 0 radical (unpaired) electrons. The topological polar surface area (TPSA) is 93.8 Å². The van der Waals surface area contributed by atoms with E-state index in [1.807, 2.05) is 0 Å². The molecule has 1 aromatic carbocycles. The van der Waals surface area contributed by atoms with E-state index in [1.165, 1.54) is 12.1 Å². The molecule has 0 unspecified atom stereocenters. The highest BCUT2D eigenvalue weighted by molar-refractivity contribution is 6.08. The molecule has 0 bridgehead atoms. The highest BCUT2D eigenvalue weighted by Gasteiger charge is 2.19. The van der Waals surface area contributed by atoms with Crippen molar-refractivity contribution >= 4 is 22.7 Å². The fraction of sp³-hybridized carbons (Fsp3) is 0.267. The molecule has 0 saturated carbocycles. The molecule has 6 nitrogen and oxygen atoms in total. The summed E-state index contributed by atoms with van der Waals surface area (Å²) >= 11 is 0. The monoisotopic (exact) mass is 290 g/mol. The Labute approximate surface area is 119 Å². The first kappa shape index (κ1) is 14.8. The number of aliphatic carboxylic acids is 1. The summed E-state index contributed by atoms with van der Waals surface area (Å²) in [5, 5.41) is 9.30. The van der Waals surface area contributed by atoms with Crippen molar-refractivity contribution in [1.29, 1.82) is 0 Å². The lowest BCUT2D eigenvalue weighted by molar-refractivity contribution is -0.139. The predicted octanol–water partition coefficient (Wildman–Crippen LogP) is 2.16. The minimum Gasteiger partial charge on any atom is -0.481 e. The number of Topliss-reactive ketones (excluding diaryl/α,β-unsaturated/α-hetero) is 1. The number of carboxylic acid groups (broad SMARTS) is 1. The molecule has 21 heavy (non-hydrogen) atoms. The average Bonchev–Trinajstić information content (AvgIpc) is 2.43. The van der Waals surface area contributed by atoms with Gasteiger partial charge in [-0.1, -0.05) is 6.92 Å². The number of carbonyl (C=O) groups is 2. The van der Waals surface area contributed by atoms with E-state index < -0.39 is 18.2 Å². The van der Waals surface area contributed by atoms with Gasteiger partial charge in [0.2, 0.25) is 0 Å². The van der Waals surface area contributed by atoms with Gasteiger partial charge in [-0.2, -0.15) is 0 Å². The molecule has 0 aliphatic carbocycles. The van der Waals surface area contributed by atoms with Crippen LogP contribution in [-0.4, -0.2) is 23.5 Å². The van der Waals surface area contributed by atoms with Crippen LogP contribution in [0, 0.1) is 6.92 Å². The number of ketones is 1. The molecule has 110 valence electrons. The van der Waals surface area contributed by atoms with Crippen LogP contribution in [0.1, 0.15) is 29.3 Å². The lowest BCUT2D eigenvalue weighted by Gasteiger charge is -2.11. The van der Waals surface area contributed by atoms with Crippen LogP contribution >= 0.6 is 0 Å². The lowest BCUT2D eigenvalue weighted by atomic mass is 10.0. The molecule has 0 amide bonds. The maximum atomic E-state index is 12.1. The van der Waals surface area contributed by atoms with Gasteiger partial charge in [0, 0.05) is 17.9 Å². The van der Waals surface area contributed by atoms with Crippen LogP contribution in [-0.2, 0) is 4.79 Å². The van der Waals surface area contributed by atoms with Gasteiger partial charge in [0.1, 0.15) is 11.3 Å². The van der Waals surface area contributed by atoms with Crippen LogP contribution in [0.15, 0.2) is 27.4 Å². The Kier molecular flexibility index (Phi) is 4.07. The van der Waals surface area contributed by atoms with Crippen molar-refractivity contribution < 1.29 is 23.8 Å². The zero-order valence-electron chi connectivity index (χ0n) is 11.6. The van der Waals surface area contributed by atoms with E-state index in [4.69, 9.17) is 14.3 Å².